The number of rotatable bonds is 2. The van der Waals surface area contributed by atoms with Crippen molar-refractivity contribution in [1.29, 1.82) is 0 Å². The van der Waals surface area contributed by atoms with Crippen molar-refractivity contribution in [3.8, 4) is 0 Å². The second kappa shape index (κ2) is 15.1. The molecule has 3 heteroatoms. The maximum Gasteiger partial charge on any atom is -0.0410 e. The summed E-state index contributed by atoms with van der Waals surface area (Å²) < 4.78 is 1.33. The molecule has 0 saturated carbocycles. The van der Waals surface area contributed by atoms with Crippen molar-refractivity contribution >= 4 is 25.4 Å². The van der Waals surface area contributed by atoms with Gasteiger partial charge in [0.1, 0.15) is 0 Å². The molecule has 5 aromatic rings. The molecular formula is C35H32Cl2Ti-2. The summed E-state index contributed by atoms with van der Waals surface area (Å²) in [5, 5.41) is 5.46. The van der Waals surface area contributed by atoms with Crippen molar-refractivity contribution in [2.75, 3.05) is 0 Å². The van der Waals surface area contributed by atoms with Gasteiger partial charge in [-0.2, -0.15) is 6.08 Å². The number of hydrogen-bond acceptors (Lipinski definition) is 0. The minimum Gasteiger partial charge on any atom is -1.00 e. The number of aryl methyl sites for hydroxylation is 4. The Kier molecular flexibility index (Phi) is 12.6. The first-order chi connectivity index (χ1) is 17.4. The van der Waals surface area contributed by atoms with Gasteiger partial charge in [-0.3, -0.25) is 6.08 Å². The summed E-state index contributed by atoms with van der Waals surface area (Å²) in [6.07, 6.45) is 10.0. The smallest absolute Gasteiger partial charge is 0.0410 e. The van der Waals surface area contributed by atoms with Gasteiger partial charge in [-0.25, -0.2) is 12.2 Å². The van der Waals surface area contributed by atoms with Crippen LogP contribution in [0.2, 0.25) is 0 Å². The summed E-state index contributed by atoms with van der Waals surface area (Å²) in [6, 6.07) is 33.0. The second-order valence-corrected chi connectivity index (χ2v) is 10.2. The van der Waals surface area contributed by atoms with Crippen LogP contribution in [0.3, 0.4) is 0 Å². The molecule has 0 amide bonds. The molecule has 0 saturated heterocycles. The first kappa shape index (κ1) is 31.6. The Morgan fingerprint density at radius 3 is 1.39 bits per heavy atom. The van der Waals surface area contributed by atoms with Gasteiger partial charge in [0, 0.05) is 0 Å². The fraction of sp³-hybridized carbons (Fsp3) is 0.143. The van der Waals surface area contributed by atoms with Gasteiger partial charge in [0.2, 0.25) is 0 Å². The molecule has 0 unspecified atom stereocenters. The Labute approximate surface area is 251 Å². The largest absolute Gasteiger partial charge is 1.00 e. The summed E-state index contributed by atoms with van der Waals surface area (Å²) in [4.78, 5) is 0. The van der Waals surface area contributed by atoms with Gasteiger partial charge >= 0.3 is 108 Å². The van der Waals surface area contributed by atoms with Gasteiger partial charge < -0.3 is 24.8 Å². The Bertz CT molecular complexity index is 1420. The van der Waals surface area contributed by atoms with Crippen LogP contribution in [0, 0.1) is 33.8 Å². The van der Waals surface area contributed by atoms with Gasteiger partial charge in [-0.1, -0.05) is 35.4 Å². The minimum atomic E-state index is 0. The van der Waals surface area contributed by atoms with E-state index in [0.717, 1.165) is 6.42 Å². The zero-order chi connectivity index (χ0) is 25.5. The Balaban J connectivity index is 0.000000216. The van der Waals surface area contributed by atoms with Crippen LogP contribution in [0.4, 0.5) is 0 Å². The summed E-state index contributed by atoms with van der Waals surface area (Å²) in [7, 11) is 0. The quantitative estimate of drug-likeness (QED) is 0.226. The first-order valence-electron chi connectivity index (χ1n) is 12.4. The maximum absolute atomic E-state index is 2.99. The number of fused-ring (bicyclic) bond motifs is 3. The predicted octanol–water partition coefficient (Wildman–Crippen LogP) is 3.06. The van der Waals surface area contributed by atoms with Crippen LogP contribution < -0.4 is 24.8 Å². The Morgan fingerprint density at radius 2 is 1.05 bits per heavy atom. The van der Waals surface area contributed by atoms with Crippen molar-refractivity contribution in [2.45, 2.75) is 34.1 Å². The van der Waals surface area contributed by atoms with E-state index in [2.05, 4.69) is 151 Å². The Hall–Kier alpha value is -2.61. The fourth-order valence-corrected chi connectivity index (χ4v) is 4.69. The molecule has 192 valence electrons. The summed E-state index contributed by atoms with van der Waals surface area (Å²) in [5.41, 5.74) is 7.87. The number of halogens is 2. The van der Waals surface area contributed by atoms with Gasteiger partial charge in [0.15, 0.2) is 0 Å². The molecule has 0 fully saturated rings. The van der Waals surface area contributed by atoms with Crippen molar-refractivity contribution in [3.05, 3.63) is 149 Å². The van der Waals surface area contributed by atoms with Crippen molar-refractivity contribution in [3.63, 3.8) is 0 Å². The molecule has 0 aromatic heterocycles. The second-order valence-electron chi connectivity index (χ2n) is 9.44. The SMILES string of the molecule is Cc1ccc([C](=[Ti+2])c2ccc(C)cc2)cc1.Cc1ccc2[cH-]c3ccc(C)cc3c2c1.[C-]1=CC=CC1.[Cl-].[Cl-]. The fourth-order valence-electron chi connectivity index (χ4n) is 4.17. The molecule has 0 aliphatic heterocycles. The topological polar surface area (TPSA) is 0 Å². The molecular weight excluding hydrogens is 539 g/mol. The number of hydrogen-bond donors (Lipinski definition) is 0. The van der Waals surface area contributed by atoms with Crippen LogP contribution in [0.25, 0.3) is 21.5 Å². The molecule has 5 aromatic carbocycles. The molecule has 0 radical (unpaired) electrons. The van der Waals surface area contributed by atoms with Gasteiger partial charge in [0.05, 0.1) is 0 Å². The van der Waals surface area contributed by atoms with Crippen LogP contribution in [0.1, 0.15) is 39.8 Å². The summed E-state index contributed by atoms with van der Waals surface area (Å²) in [6.45, 7) is 8.53. The summed E-state index contributed by atoms with van der Waals surface area (Å²) in [5.74, 6) is 0. The zero-order valence-electron chi connectivity index (χ0n) is 22.4. The van der Waals surface area contributed by atoms with Crippen LogP contribution in [-0.4, -0.2) is 3.81 Å². The molecule has 1 aliphatic carbocycles. The minimum absolute atomic E-state index is 0. The summed E-state index contributed by atoms with van der Waals surface area (Å²) >= 11 is 2.18. The van der Waals surface area contributed by atoms with Crippen LogP contribution >= 0.6 is 0 Å². The first-order valence-corrected chi connectivity index (χ1v) is 13.2. The van der Waals surface area contributed by atoms with Crippen molar-refractivity contribution in [1.82, 2.24) is 0 Å². The van der Waals surface area contributed by atoms with E-state index in [1.54, 1.807) is 0 Å². The predicted molar refractivity (Wildman–Crippen MR) is 154 cm³/mol. The molecule has 0 atom stereocenters. The zero-order valence-corrected chi connectivity index (χ0v) is 25.4. The third-order valence-corrected chi connectivity index (χ3v) is 7.19. The van der Waals surface area contributed by atoms with Crippen LogP contribution in [0.5, 0.6) is 0 Å². The number of allylic oxidation sites excluding steroid dienone is 4. The monoisotopic (exact) mass is 570 g/mol. The van der Waals surface area contributed by atoms with Crippen molar-refractivity contribution < 1.29 is 44.8 Å². The van der Waals surface area contributed by atoms with Crippen LogP contribution in [0.15, 0.2) is 109 Å². The standard InChI is InChI=1S/C15H13.C15H14.C5H5.2ClH.Ti/c1-10-3-5-12-9-13-6-4-11(2)8-15(13)14(12)7-10;1-12-3-7-14(8-4-12)11-15-9-5-13(2)6-10-15;1-2-4-5-3-1;;;/h3-9H,1-2H3;3-10H,1-2H3;1-3H,4H2;2*1H;/q-1;;-1;;;+2/p-2. The third kappa shape index (κ3) is 8.45. The van der Waals surface area contributed by atoms with Gasteiger partial charge in [-0.05, 0) is 13.8 Å². The van der Waals surface area contributed by atoms with E-state index in [1.165, 1.54) is 58.7 Å². The molecule has 38 heavy (non-hydrogen) atoms. The molecule has 0 nitrogen and oxygen atoms in total. The van der Waals surface area contributed by atoms with E-state index >= 15 is 0 Å². The normalized spacial score (nSPS) is 11.1. The molecule has 0 N–H and O–H groups in total. The number of benzene rings is 4. The molecule has 1 aliphatic rings. The maximum atomic E-state index is 2.99. The molecule has 0 bridgehead atoms. The van der Waals surface area contributed by atoms with E-state index in [-0.39, 0.29) is 24.8 Å². The van der Waals surface area contributed by atoms with E-state index in [9.17, 15) is 0 Å². The van der Waals surface area contributed by atoms with E-state index in [1.807, 2.05) is 12.2 Å². The van der Waals surface area contributed by atoms with Crippen molar-refractivity contribution in [2.24, 2.45) is 0 Å². The molecule has 6 rings (SSSR count). The molecule has 0 spiro atoms. The van der Waals surface area contributed by atoms with Crippen LogP contribution in [-0.2, 0) is 20.0 Å². The van der Waals surface area contributed by atoms with E-state index in [4.69, 9.17) is 0 Å². The van der Waals surface area contributed by atoms with E-state index in [0.29, 0.717) is 0 Å². The molecule has 0 heterocycles. The average Bonchev–Trinajstić information content (AvgIpc) is 3.57. The van der Waals surface area contributed by atoms with E-state index < -0.39 is 0 Å². The Morgan fingerprint density at radius 1 is 0.632 bits per heavy atom. The third-order valence-electron chi connectivity index (χ3n) is 6.29. The average molecular weight is 571 g/mol. The van der Waals surface area contributed by atoms with Gasteiger partial charge in [0.25, 0.3) is 0 Å². The van der Waals surface area contributed by atoms with Gasteiger partial charge in [-0.15, -0.1) is 46.2 Å².